The zero-order valence-electron chi connectivity index (χ0n) is 26.1. The quantitative estimate of drug-likeness (QED) is 0.346. The minimum Gasteiger partial charge on any atom is -0.459 e. The first kappa shape index (κ1) is 28.5. The Bertz CT molecular complexity index is 970. The fraction of sp³-hybridized carbons (Fsp3) is 0.941. The first-order valence-electron chi connectivity index (χ1n) is 15.9. The molecule has 216 valence electrons. The molecule has 5 saturated carbocycles. The van der Waals surface area contributed by atoms with Gasteiger partial charge in [0.2, 0.25) is 0 Å². The van der Waals surface area contributed by atoms with E-state index >= 15 is 0 Å². The molecule has 0 heterocycles. The maximum atomic E-state index is 12.3. The van der Waals surface area contributed by atoms with Crippen LogP contribution in [0.2, 0.25) is 0 Å². The highest BCUT2D eigenvalue weighted by Gasteiger charge is 2.71. The lowest BCUT2D eigenvalue weighted by Crippen LogP contribution is -2.68. The summed E-state index contributed by atoms with van der Waals surface area (Å²) in [5.74, 6) is 3.78. The molecule has 11 atom stereocenters. The monoisotopic (exact) mass is 528 g/mol. The molecule has 0 N–H and O–H groups in total. The smallest absolute Gasteiger partial charge is 0.303 e. The highest BCUT2D eigenvalue weighted by Crippen LogP contribution is 2.77. The molecule has 0 radical (unpaired) electrons. The van der Waals surface area contributed by atoms with Crippen molar-refractivity contribution < 1.29 is 19.1 Å². The minimum absolute atomic E-state index is 0.0507. The number of carbonyl (C=O) groups is 2. The fourth-order valence-electron chi connectivity index (χ4n) is 12.6. The van der Waals surface area contributed by atoms with Crippen molar-refractivity contribution in [2.24, 2.45) is 62.6 Å². The summed E-state index contributed by atoms with van der Waals surface area (Å²) in [5, 5.41) is 0. The molecule has 0 saturated heterocycles. The molecule has 4 heteroatoms. The average molecular weight is 529 g/mol. The lowest BCUT2D eigenvalue weighted by Gasteiger charge is -2.73. The van der Waals surface area contributed by atoms with Crippen LogP contribution in [-0.4, -0.2) is 24.1 Å². The highest BCUT2D eigenvalue weighted by atomic mass is 16.6. The van der Waals surface area contributed by atoms with Gasteiger partial charge in [-0.05, 0) is 115 Å². The largest absolute Gasteiger partial charge is 0.459 e. The van der Waals surface area contributed by atoms with Crippen molar-refractivity contribution in [2.45, 2.75) is 139 Å². The van der Waals surface area contributed by atoms with E-state index in [1.165, 1.54) is 65.2 Å². The Labute approximate surface area is 232 Å². The topological polar surface area (TPSA) is 52.6 Å². The molecule has 5 fully saturated rings. The SMILES string of the molecule is CC(=O)OC1[C@H](OC(C)=O)CC2(C)C3CCC4[C@H]5[C@H](C(C)C)CCC5(C)CC[C@@]4(C)C3(C)CC[C@H]2C1(C)C. The second kappa shape index (κ2) is 8.97. The van der Waals surface area contributed by atoms with Crippen molar-refractivity contribution in [3.63, 3.8) is 0 Å². The summed E-state index contributed by atoms with van der Waals surface area (Å²) in [5.41, 5.74) is 0.942. The Morgan fingerprint density at radius 2 is 1.39 bits per heavy atom. The third-order valence-corrected chi connectivity index (χ3v) is 14.2. The predicted molar refractivity (Wildman–Crippen MR) is 151 cm³/mol. The van der Waals surface area contributed by atoms with E-state index in [1.54, 1.807) is 0 Å². The molecule has 4 nitrogen and oxygen atoms in total. The molecule has 5 aliphatic carbocycles. The normalized spacial score (nSPS) is 51.3. The van der Waals surface area contributed by atoms with E-state index in [0.717, 1.165) is 30.1 Å². The van der Waals surface area contributed by atoms with Crippen LogP contribution in [0.25, 0.3) is 0 Å². The number of carbonyl (C=O) groups excluding carboxylic acids is 2. The third-order valence-electron chi connectivity index (χ3n) is 14.2. The maximum absolute atomic E-state index is 12.3. The number of rotatable bonds is 3. The lowest BCUT2D eigenvalue weighted by molar-refractivity contribution is -0.268. The predicted octanol–water partition coefficient (Wildman–Crippen LogP) is 8.22. The molecule has 0 amide bonds. The first-order valence-corrected chi connectivity index (χ1v) is 15.9. The second-order valence-electron chi connectivity index (χ2n) is 16.5. The van der Waals surface area contributed by atoms with Crippen LogP contribution in [0.3, 0.4) is 0 Å². The van der Waals surface area contributed by atoms with Gasteiger partial charge in [-0.15, -0.1) is 0 Å². The first-order chi connectivity index (χ1) is 17.5. The molecule has 0 aromatic rings. The van der Waals surface area contributed by atoms with Crippen molar-refractivity contribution in [3.05, 3.63) is 0 Å². The van der Waals surface area contributed by atoms with Crippen molar-refractivity contribution in [1.29, 1.82) is 0 Å². The minimum atomic E-state index is -0.390. The number of esters is 2. The van der Waals surface area contributed by atoms with E-state index in [2.05, 4.69) is 55.4 Å². The Hall–Kier alpha value is -1.06. The van der Waals surface area contributed by atoms with Gasteiger partial charge in [-0.2, -0.15) is 0 Å². The van der Waals surface area contributed by atoms with Gasteiger partial charge in [-0.1, -0.05) is 55.4 Å². The molecule has 5 aliphatic rings. The Kier molecular flexibility index (Phi) is 6.72. The van der Waals surface area contributed by atoms with Crippen LogP contribution in [0.5, 0.6) is 0 Å². The average Bonchev–Trinajstić information content (AvgIpc) is 3.14. The Morgan fingerprint density at radius 3 is 2.00 bits per heavy atom. The molecular formula is C34H56O4. The van der Waals surface area contributed by atoms with Crippen LogP contribution in [0.1, 0.15) is 127 Å². The molecule has 6 unspecified atom stereocenters. The number of hydrogen-bond donors (Lipinski definition) is 0. The van der Waals surface area contributed by atoms with Crippen LogP contribution in [0, 0.1) is 62.6 Å². The zero-order chi connectivity index (χ0) is 28.1. The van der Waals surface area contributed by atoms with Gasteiger partial charge in [0.1, 0.15) is 12.2 Å². The van der Waals surface area contributed by atoms with Gasteiger partial charge in [0, 0.05) is 19.3 Å². The van der Waals surface area contributed by atoms with E-state index in [-0.39, 0.29) is 40.4 Å². The summed E-state index contributed by atoms with van der Waals surface area (Å²) < 4.78 is 12.0. The van der Waals surface area contributed by atoms with E-state index in [4.69, 9.17) is 9.47 Å². The summed E-state index contributed by atoms with van der Waals surface area (Å²) in [6.07, 6.45) is 10.7. The number of ether oxygens (including phenoxy) is 2. The van der Waals surface area contributed by atoms with Gasteiger partial charge in [0.25, 0.3) is 0 Å². The molecule has 0 bridgehead atoms. The highest BCUT2D eigenvalue weighted by molar-refractivity contribution is 5.67. The van der Waals surface area contributed by atoms with Crippen molar-refractivity contribution in [3.8, 4) is 0 Å². The Morgan fingerprint density at radius 1 is 0.737 bits per heavy atom. The molecular weight excluding hydrogens is 472 g/mol. The molecule has 38 heavy (non-hydrogen) atoms. The van der Waals surface area contributed by atoms with Gasteiger partial charge in [-0.25, -0.2) is 0 Å². The van der Waals surface area contributed by atoms with E-state index in [9.17, 15) is 9.59 Å². The van der Waals surface area contributed by atoms with E-state index in [0.29, 0.717) is 22.7 Å². The molecule has 0 aliphatic heterocycles. The standard InChI is InChI=1S/C34H56O4/c1-20(2)23-13-15-31(7)17-18-33(9)24(28(23)31)11-12-27-32(8)19-25(37-21(3)35)29(38-22(4)36)30(5,6)26(32)14-16-34(27,33)10/h20,23-29H,11-19H2,1-10H3/t23-,24?,25+,26-,27?,28+,29?,31?,32?,33+,34?/m0/s1. The van der Waals surface area contributed by atoms with E-state index < -0.39 is 0 Å². The summed E-state index contributed by atoms with van der Waals surface area (Å²) >= 11 is 0. The summed E-state index contributed by atoms with van der Waals surface area (Å²) in [4.78, 5) is 24.4. The van der Waals surface area contributed by atoms with Crippen LogP contribution < -0.4 is 0 Å². The van der Waals surface area contributed by atoms with Gasteiger partial charge in [0.05, 0.1) is 0 Å². The Balaban J connectivity index is 1.54. The maximum Gasteiger partial charge on any atom is 0.303 e. The molecule has 5 rings (SSSR count). The second-order valence-corrected chi connectivity index (χ2v) is 16.5. The third kappa shape index (κ3) is 3.80. The fourth-order valence-corrected chi connectivity index (χ4v) is 12.6. The van der Waals surface area contributed by atoms with Crippen LogP contribution in [-0.2, 0) is 19.1 Å². The molecule has 0 aromatic heterocycles. The number of fused-ring (bicyclic) bond motifs is 7. The zero-order valence-corrected chi connectivity index (χ0v) is 26.1. The van der Waals surface area contributed by atoms with Crippen LogP contribution in [0.4, 0.5) is 0 Å². The van der Waals surface area contributed by atoms with Crippen molar-refractivity contribution in [2.75, 3.05) is 0 Å². The summed E-state index contributed by atoms with van der Waals surface area (Å²) in [7, 11) is 0. The molecule has 0 aromatic carbocycles. The van der Waals surface area contributed by atoms with Crippen LogP contribution in [0.15, 0.2) is 0 Å². The summed E-state index contributed by atoms with van der Waals surface area (Å²) in [6.45, 7) is 23.0. The van der Waals surface area contributed by atoms with Crippen molar-refractivity contribution in [1.82, 2.24) is 0 Å². The van der Waals surface area contributed by atoms with Crippen LogP contribution >= 0.6 is 0 Å². The summed E-state index contributed by atoms with van der Waals surface area (Å²) in [6, 6.07) is 0. The van der Waals surface area contributed by atoms with Crippen molar-refractivity contribution >= 4 is 11.9 Å². The van der Waals surface area contributed by atoms with Gasteiger partial charge < -0.3 is 9.47 Å². The number of hydrogen-bond acceptors (Lipinski definition) is 4. The molecule has 0 spiro atoms. The van der Waals surface area contributed by atoms with Gasteiger partial charge in [0.15, 0.2) is 0 Å². The lowest BCUT2D eigenvalue weighted by atomic mass is 9.32. The van der Waals surface area contributed by atoms with E-state index in [1.807, 2.05) is 0 Å². The van der Waals surface area contributed by atoms with Gasteiger partial charge in [-0.3, -0.25) is 9.59 Å². The van der Waals surface area contributed by atoms with Gasteiger partial charge >= 0.3 is 11.9 Å².